The molecule has 1 unspecified atom stereocenters. The zero-order chi connectivity index (χ0) is 23.6. The topological polar surface area (TPSA) is 50.8 Å². The van der Waals surface area contributed by atoms with Crippen LogP contribution < -0.4 is 14.8 Å². The van der Waals surface area contributed by atoms with Crippen molar-refractivity contribution < 1.29 is 27.4 Å². The third-order valence-corrected chi connectivity index (χ3v) is 6.05. The van der Waals surface area contributed by atoms with Crippen LogP contribution in [-0.2, 0) is 24.3 Å². The van der Waals surface area contributed by atoms with Gasteiger partial charge in [0.15, 0.2) is 11.5 Å². The van der Waals surface area contributed by atoms with E-state index in [1.807, 2.05) is 13.0 Å². The van der Waals surface area contributed by atoms with E-state index in [-0.39, 0.29) is 23.4 Å². The molecule has 1 aliphatic carbocycles. The van der Waals surface area contributed by atoms with Gasteiger partial charge in [-0.15, -0.1) is 13.2 Å². The van der Waals surface area contributed by atoms with E-state index in [0.717, 1.165) is 36.9 Å². The zero-order valence-corrected chi connectivity index (χ0v) is 18.9. The number of carbonyl (C=O) groups excluding carboxylic acids is 1. The van der Waals surface area contributed by atoms with Crippen molar-refractivity contribution in [2.75, 3.05) is 13.2 Å². The highest BCUT2D eigenvalue weighted by atomic mass is 19.4. The van der Waals surface area contributed by atoms with Crippen LogP contribution in [-0.4, -0.2) is 30.3 Å². The summed E-state index contributed by atoms with van der Waals surface area (Å²) in [5.74, 6) is 0.213. The second kappa shape index (κ2) is 9.63. The van der Waals surface area contributed by atoms with E-state index in [9.17, 15) is 18.0 Å². The molecule has 1 N–H and O–H groups in total. The molecule has 0 spiro atoms. The molecule has 0 radical (unpaired) electrons. The predicted octanol–water partition coefficient (Wildman–Crippen LogP) is 5.13. The monoisotopic (exact) mass is 462 g/mol. The Morgan fingerprint density at radius 2 is 1.94 bits per heavy atom. The molecule has 0 aromatic heterocycles. The van der Waals surface area contributed by atoms with E-state index in [2.05, 4.69) is 27.1 Å². The molecular formula is C25H29F3N2O3. The van der Waals surface area contributed by atoms with Crippen LogP contribution in [0.5, 0.6) is 11.5 Å². The van der Waals surface area contributed by atoms with Crippen LogP contribution >= 0.6 is 0 Å². The standard InChI is InChI=1S/C25H29F3N2O3/c1-16(29-17(2)31)20-6-7-22-14-30(10-9-21(22)12-20)13-19-5-8-23(32-15-18-3-4-18)24(11-19)33-25(26,27)28/h5-8,11-12,16,18H,3-4,9-10,13-15H2,1-2H3,(H,29,31). The Morgan fingerprint density at radius 3 is 2.64 bits per heavy atom. The van der Waals surface area contributed by atoms with E-state index in [1.165, 1.54) is 24.1 Å². The first kappa shape index (κ1) is 23.4. The molecule has 0 saturated heterocycles. The molecule has 5 nitrogen and oxygen atoms in total. The predicted molar refractivity (Wildman–Crippen MR) is 118 cm³/mol. The summed E-state index contributed by atoms with van der Waals surface area (Å²) in [5, 5.41) is 2.90. The average Bonchev–Trinajstić information content (AvgIpc) is 3.55. The molecule has 178 valence electrons. The SMILES string of the molecule is CC(=O)NC(C)c1ccc2c(c1)CCN(Cc1ccc(OCC3CC3)c(OC(F)(F)F)c1)C2. The summed E-state index contributed by atoms with van der Waals surface area (Å²) in [6.45, 7) is 5.89. The maximum absolute atomic E-state index is 12.9. The average molecular weight is 463 g/mol. The smallest absolute Gasteiger partial charge is 0.489 e. The first-order valence-corrected chi connectivity index (χ1v) is 11.3. The number of benzene rings is 2. The number of rotatable bonds is 8. The maximum atomic E-state index is 12.9. The van der Waals surface area contributed by atoms with Crippen molar-refractivity contribution in [2.45, 2.75) is 58.6 Å². The third-order valence-electron chi connectivity index (χ3n) is 6.05. The number of amides is 1. The summed E-state index contributed by atoms with van der Waals surface area (Å²) >= 11 is 0. The molecule has 1 heterocycles. The second-order valence-corrected chi connectivity index (χ2v) is 8.99. The molecule has 1 atom stereocenters. The van der Waals surface area contributed by atoms with Crippen LogP contribution in [0.15, 0.2) is 36.4 Å². The molecule has 0 bridgehead atoms. The van der Waals surface area contributed by atoms with E-state index in [1.54, 1.807) is 12.1 Å². The molecule has 8 heteroatoms. The van der Waals surface area contributed by atoms with Crippen molar-refractivity contribution in [1.82, 2.24) is 10.2 Å². The lowest BCUT2D eigenvalue weighted by Crippen LogP contribution is -2.30. The van der Waals surface area contributed by atoms with Crippen molar-refractivity contribution in [3.63, 3.8) is 0 Å². The Kier molecular flexibility index (Phi) is 6.83. The van der Waals surface area contributed by atoms with Gasteiger partial charge < -0.3 is 14.8 Å². The zero-order valence-electron chi connectivity index (χ0n) is 18.9. The number of halogens is 3. The van der Waals surface area contributed by atoms with Gasteiger partial charge in [-0.1, -0.05) is 24.3 Å². The fourth-order valence-electron chi connectivity index (χ4n) is 4.15. The van der Waals surface area contributed by atoms with E-state index < -0.39 is 6.36 Å². The highest BCUT2D eigenvalue weighted by Gasteiger charge is 2.33. The molecule has 2 aliphatic rings. The number of hydrogen-bond donors (Lipinski definition) is 1. The second-order valence-electron chi connectivity index (χ2n) is 8.99. The van der Waals surface area contributed by atoms with Gasteiger partial charge >= 0.3 is 6.36 Å². The summed E-state index contributed by atoms with van der Waals surface area (Å²) in [7, 11) is 0. The van der Waals surface area contributed by atoms with Gasteiger partial charge in [-0.2, -0.15) is 0 Å². The van der Waals surface area contributed by atoms with Crippen LogP contribution in [0.4, 0.5) is 13.2 Å². The van der Waals surface area contributed by atoms with Gasteiger partial charge in [0.2, 0.25) is 5.91 Å². The molecule has 1 fully saturated rings. The summed E-state index contributed by atoms with van der Waals surface area (Å²) in [5.41, 5.74) is 4.24. The van der Waals surface area contributed by atoms with E-state index >= 15 is 0 Å². The lowest BCUT2D eigenvalue weighted by Gasteiger charge is -2.30. The maximum Gasteiger partial charge on any atom is 0.573 e. The van der Waals surface area contributed by atoms with Crippen LogP contribution in [0.1, 0.15) is 55.0 Å². The van der Waals surface area contributed by atoms with Gasteiger partial charge in [0, 0.05) is 26.6 Å². The summed E-state index contributed by atoms with van der Waals surface area (Å²) in [6, 6.07) is 11.0. The van der Waals surface area contributed by atoms with Crippen molar-refractivity contribution >= 4 is 5.91 Å². The summed E-state index contributed by atoms with van der Waals surface area (Å²) < 4.78 is 48.7. The minimum Gasteiger partial charge on any atom is -0.489 e. The molecule has 1 aliphatic heterocycles. The molecule has 1 saturated carbocycles. The number of alkyl halides is 3. The Hall–Kier alpha value is -2.74. The van der Waals surface area contributed by atoms with Gasteiger partial charge in [0.05, 0.1) is 12.6 Å². The Balaban J connectivity index is 1.43. The lowest BCUT2D eigenvalue weighted by molar-refractivity contribution is -0.275. The van der Waals surface area contributed by atoms with Gasteiger partial charge in [0.25, 0.3) is 0 Å². The van der Waals surface area contributed by atoms with Gasteiger partial charge in [-0.3, -0.25) is 9.69 Å². The number of ether oxygens (including phenoxy) is 2. The molecular weight excluding hydrogens is 433 g/mol. The van der Waals surface area contributed by atoms with Gasteiger partial charge in [-0.25, -0.2) is 0 Å². The van der Waals surface area contributed by atoms with Crippen molar-refractivity contribution in [1.29, 1.82) is 0 Å². The number of nitrogens with one attached hydrogen (secondary N) is 1. The lowest BCUT2D eigenvalue weighted by atomic mass is 9.95. The summed E-state index contributed by atoms with van der Waals surface area (Å²) in [4.78, 5) is 13.5. The third kappa shape index (κ3) is 6.63. The van der Waals surface area contributed by atoms with E-state index in [0.29, 0.717) is 25.6 Å². The number of fused-ring (bicyclic) bond motifs is 1. The van der Waals surface area contributed by atoms with E-state index in [4.69, 9.17) is 4.74 Å². The number of nitrogens with zero attached hydrogens (tertiary/aromatic N) is 1. The first-order chi connectivity index (χ1) is 15.7. The van der Waals surface area contributed by atoms with Crippen LogP contribution in [0.25, 0.3) is 0 Å². The fourth-order valence-corrected chi connectivity index (χ4v) is 4.15. The molecule has 2 aromatic rings. The quantitative estimate of drug-likeness (QED) is 0.591. The first-order valence-electron chi connectivity index (χ1n) is 11.3. The fraction of sp³-hybridized carbons (Fsp3) is 0.480. The van der Waals surface area contributed by atoms with Crippen LogP contribution in [0.2, 0.25) is 0 Å². The van der Waals surface area contributed by atoms with Crippen molar-refractivity contribution in [2.24, 2.45) is 5.92 Å². The Labute approximate surface area is 191 Å². The minimum absolute atomic E-state index is 0.0569. The Bertz CT molecular complexity index is 1000. The summed E-state index contributed by atoms with van der Waals surface area (Å²) in [6.07, 6.45) is -1.83. The molecule has 33 heavy (non-hydrogen) atoms. The van der Waals surface area contributed by atoms with Crippen LogP contribution in [0.3, 0.4) is 0 Å². The largest absolute Gasteiger partial charge is 0.573 e. The van der Waals surface area contributed by atoms with Gasteiger partial charge in [0.1, 0.15) is 0 Å². The highest BCUT2D eigenvalue weighted by Crippen LogP contribution is 2.36. The van der Waals surface area contributed by atoms with Gasteiger partial charge in [-0.05, 0) is 66.5 Å². The normalized spacial score (nSPS) is 17.2. The highest BCUT2D eigenvalue weighted by molar-refractivity contribution is 5.73. The number of hydrogen-bond acceptors (Lipinski definition) is 4. The minimum atomic E-state index is -4.77. The van der Waals surface area contributed by atoms with Crippen LogP contribution in [0, 0.1) is 5.92 Å². The molecule has 2 aromatic carbocycles. The molecule has 1 amide bonds. The van der Waals surface area contributed by atoms with Crippen molar-refractivity contribution in [3.8, 4) is 11.5 Å². The van der Waals surface area contributed by atoms with Crippen molar-refractivity contribution in [3.05, 3.63) is 58.7 Å². The number of carbonyl (C=O) groups is 1. The Morgan fingerprint density at radius 1 is 1.15 bits per heavy atom. The molecule has 4 rings (SSSR count).